The van der Waals surface area contributed by atoms with E-state index in [2.05, 4.69) is 5.32 Å². The molecule has 0 bridgehead atoms. The summed E-state index contributed by atoms with van der Waals surface area (Å²) < 4.78 is 0. The van der Waals surface area contributed by atoms with Gasteiger partial charge < -0.3 is 15.5 Å². The Labute approximate surface area is 68.2 Å². The Morgan fingerprint density at radius 1 is 1.33 bits per heavy atom. The summed E-state index contributed by atoms with van der Waals surface area (Å²) in [5, 5.41) is 18.7. The van der Waals surface area contributed by atoms with Gasteiger partial charge in [-0.1, -0.05) is 0 Å². The Morgan fingerprint density at radius 3 is 2.08 bits per heavy atom. The van der Waals surface area contributed by atoms with Crippen molar-refractivity contribution < 1.29 is 24.6 Å². The van der Waals surface area contributed by atoms with Gasteiger partial charge in [-0.15, -0.1) is 0 Å². The van der Waals surface area contributed by atoms with E-state index in [1.807, 2.05) is 0 Å². The van der Waals surface area contributed by atoms with Crippen LogP contribution in [-0.2, 0) is 14.4 Å². The molecule has 12 heavy (non-hydrogen) atoms. The fourth-order valence-corrected chi connectivity index (χ4v) is 0.641. The maximum Gasteiger partial charge on any atom is 0.316 e. The van der Waals surface area contributed by atoms with E-state index in [0.29, 0.717) is 0 Å². The lowest BCUT2D eigenvalue weighted by Gasteiger charge is -2.06. The first-order chi connectivity index (χ1) is 5.49. The van der Waals surface area contributed by atoms with Gasteiger partial charge in [-0.05, 0) is 0 Å². The molecule has 68 valence electrons. The minimum Gasteiger partial charge on any atom is -0.481 e. The quantitative estimate of drug-likeness (QED) is 0.471. The van der Waals surface area contributed by atoms with Crippen molar-refractivity contribution in [2.24, 2.45) is 5.92 Å². The number of carbonyl (C=O) groups is 3. The van der Waals surface area contributed by atoms with Gasteiger partial charge in [0, 0.05) is 7.05 Å². The zero-order chi connectivity index (χ0) is 9.72. The van der Waals surface area contributed by atoms with Crippen molar-refractivity contribution in [2.75, 3.05) is 7.05 Å². The SMILES string of the molecule is CNC(=O)C(CC(=O)O)C(=O)O. The molecule has 0 rings (SSSR count). The highest BCUT2D eigenvalue weighted by atomic mass is 16.4. The summed E-state index contributed by atoms with van der Waals surface area (Å²) in [7, 11) is 1.25. The third-order valence-electron chi connectivity index (χ3n) is 1.24. The fraction of sp³-hybridized carbons (Fsp3) is 0.500. The zero-order valence-corrected chi connectivity index (χ0v) is 6.40. The molecule has 0 spiro atoms. The molecule has 0 saturated heterocycles. The molecule has 0 heterocycles. The number of carbonyl (C=O) groups excluding carboxylic acids is 1. The molecule has 0 aromatic rings. The van der Waals surface area contributed by atoms with Crippen LogP contribution in [0.25, 0.3) is 0 Å². The molecule has 3 N–H and O–H groups in total. The lowest BCUT2D eigenvalue weighted by molar-refractivity contribution is -0.152. The number of aliphatic carboxylic acids is 2. The Morgan fingerprint density at radius 2 is 1.83 bits per heavy atom. The summed E-state index contributed by atoms with van der Waals surface area (Å²) in [6.07, 6.45) is -0.699. The summed E-state index contributed by atoms with van der Waals surface area (Å²) in [6.45, 7) is 0. The topological polar surface area (TPSA) is 104 Å². The summed E-state index contributed by atoms with van der Waals surface area (Å²) in [4.78, 5) is 31.1. The molecule has 0 aromatic carbocycles. The molecule has 0 aliphatic heterocycles. The maximum atomic E-state index is 10.7. The number of carboxylic acids is 2. The first-order valence-corrected chi connectivity index (χ1v) is 3.15. The lowest BCUT2D eigenvalue weighted by atomic mass is 10.1. The normalized spacial score (nSPS) is 11.8. The van der Waals surface area contributed by atoms with Crippen LogP contribution in [0.15, 0.2) is 0 Å². The third kappa shape index (κ3) is 3.00. The van der Waals surface area contributed by atoms with E-state index in [1.165, 1.54) is 7.05 Å². The van der Waals surface area contributed by atoms with Crippen LogP contribution in [0.5, 0.6) is 0 Å². The first kappa shape index (κ1) is 10.4. The summed E-state index contributed by atoms with van der Waals surface area (Å²) in [5.41, 5.74) is 0. The summed E-state index contributed by atoms with van der Waals surface area (Å²) >= 11 is 0. The lowest BCUT2D eigenvalue weighted by Crippen LogP contribution is -2.34. The van der Waals surface area contributed by atoms with Gasteiger partial charge in [0.25, 0.3) is 0 Å². The summed E-state index contributed by atoms with van der Waals surface area (Å²) in [5.74, 6) is -5.06. The van der Waals surface area contributed by atoms with E-state index in [9.17, 15) is 14.4 Å². The Hall–Kier alpha value is -1.59. The van der Waals surface area contributed by atoms with Crippen molar-refractivity contribution in [3.63, 3.8) is 0 Å². The Kier molecular flexibility index (Phi) is 3.75. The summed E-state index contributed by atoms with van der Waals surface area (Å²) in [6, 6.07) is 0. The monoisotopic (exact) mass is 175 g/mol. The first-order valence-electron chi connectivity index (χ1n) is 3.15. The zero-order valence-electron chi connectivity index (χ0n) is 6.40. The second-order valence-electron chi connectivity index (χ2n) is 2.10. The van der Waals surface area contributed by atoms with Crippen molar-refractivity contribution >= 4 is 17.8 Å². The fourth-order valence-electron chi connectivity index (χ4n) is 0.641. The third-order valence-corrected chi connectivity index (χ3v) is 1.24. The second kappa shape index (κ2) is 4.32. The van der Waals surface area contributed by atoms with Gasteiger partial charge in [0.1, 0.15) is 5.92 Å². The highest BCUT2D eigenvalue weighted by Crippen LogP contribution is 2.02. The second-order valence-corrected chi connectivity index (χ2v) is 2.10. The molecule has 1 atom stereocenters. The number of hydrogen-bond donors (Lipinski definition) is 3. The maximum absolute atomic E-state index is 10.7. The van der Waals surface area contributed by atoms with E-state index in [-0.39, 0.29) is 0 Å². The van der Waals surface area contributed by atoms with Gasteiger partial charge in [0.05, 0.1) is 6.42 Å². The van der Waals surface area contributed by atoms with E-state index >= 15 is 0 Å². The van der Waals surface area contributed by atoms with Crippen LogP contribution < -0.4 is 5.32 Å². The minimum absolute atomic E-state index is 0.699. The van der Waals surface area contributed by atoms with E-state index in [1.54, 1.807) is 0 Å². The number of carboxylic acid groups (broad SMARTS) is 2. The highest BCUT2D eigenvalue weighted by Gasteiger charge is 2.27. The van der Waals surface area contributed by atoms with E-state index in [4.69, 9.17) is 10.2 Å². The highest BCUT2D eigenvalue weighted by molar-refractivity contribution is 5.99. The van der Waals surface area contributed by atoms with Crippen LogP contribution in [0, 0.1) is 5.92 Å². The van der Waals surface area contributed by atoms with Crippen LogP contribution in [0.3, 0.4) is 0 Å². The van der Waals surface area contributed by atoms with Gasteiger partial charge in [-0.2, -0.15) is 0 Å². The molecular formula is C6H9NO5. The van der Waals surface area contributed by atoms with Gasteiger partial charge in [-0.3, -0.25) is 14.4 Å². The standard InChI is InChI=1S/C6H9NO5/c1-7-5(10)3(6(11)12)2-4(8)9/h3H,2H2,1H3,(H,7,10)(H,8,9)(H,11,12). The average molecular weight is 175 g/mol. The van der Waals surface area contributed by atoms with Gasteiger partial charge >= 0.3 is 11.9 Å². The molecule has 0 radical (unpaired) electrons. The van der Waals surface area contributed by atoms with Crippen molar-refractivity contribution in [1.82, 2.24) is 5.32 Å². The smallest absolute Gasteiger partial charge is 0.316 e. The van der Waals surface area contributed by atoms with Crippen LogP contribution in [0.2, 0.25) is 0 Å². The molecule has 6 nitrogen and oxygen atoms in total. The van der Waals surface area contributed by atoms with Gasteiger partial charge in [0.2, 0.25) is 5.91 Å². The number of amides is 1. The molecule has 1 unspecified atom stereocenters. The number of nitrogens with one attached hydrogen (secondary N) is 1. The van der Waals surface area contributed by atoms with Gasteiger partial charge in [0.15, 0.2) is 0 Å². The van der Waals surface area contributed by atoms with Gasteiger partial charge in [-0.25, -0.2) is 0 Å². The molecular weight excluding hydrogens is 166 g/mol. The molecule has 0 aliphatic carbocycles. The largest absolute Gasteiger partial charge is 0.481 e. The van der Waals surface area contributed by atoms with E-state index < -0.39 is 30.2 Å². The predicted molar refractivity (Wildman–Crippen MR) is 37.4 cm³/mol. The predicted octanol–water partition coefficient (Wildman–Crippen LogP) is -1.09. The Balaban J connectivity index is 4.33. The molecule has 0 aromatic heterocycles. The number of rotatable bonds is 4. The average Bonchev–Trinajstić information content (AvgIpc) is 1.98. The van der Waals surface area contributed by atoms with Crippen LogP contribution in [-0.4, -0.2) is 35.1 Å². The Bertz CT molecular complexity index is 212. The van der Waals surface area contributed by atoms with Crippen molar-refractivity contribution in [1.29, 1.82) is 0 Å². The van der Waals surface area contributed by atoms with Crippen LogP contribution in [0.4, 0.5) is 0 Å². The molecule has 0 aliphatic rings. The molecule has 6 heteroatoms. The molecule has 1 amide bonds. The van der Waals surface area contributed by atoms with Crippen molar-refractivity contribution in [3.8, 4) is 0 Å². The molecule has 0 saturated carbocycles. The van der Waals surface area contributed by atoms with Crippen LogP contribution in [0.1, 0.15) is 6.42 Å². The minimum atomic E-state index is -1.51. The molecule has 0 fully saturated rings. The van der Waals surface area contributed by atoms with Crippen LogP contribution >= 0.6 is 0 Å². The number of hydrogen-bond acceptors (Lipinski definition) is 3. The van der Waals surface area contributed by atoms with Crippen molar-refractivity contribution in [3.05, 3.63) is 0 Å². The van der Waals surface area contributed by atoms with E-state index in [0.717, 1.165) is 0 Å². The van der Waals surface area contributed by atoms with Crippen molar-refractivity contribution in [2.45, 2.75) is 6.42 Å².